The average Bonchev–Trinajstić information content (AvgIpc) is 3.71. The molecule has 0 radical (unpaired) electrons. The number of sulfonamides is 1. The highest BCUT2D eigenvalue weighted by Crippen LogP contribution is 2.57. The maximum Gasteiger partial charge on any atom is 0.246 e. The van der Waals surface area contributed by atoms with Crippen LogP contribution in [0.1, 0.15) is 35.4 Å². The molecule has 2 aromatic heterocycles. The van der Waals surface area contributed by atoms with Crippen molar-refractivity contribution >= 4 is 20.9 Å². The lowest BCUT2D eigenvalue weighted by atomic mass is 9.72. The lowest BCUT2D eigenvalue weighted by Crippen LogP contribution is -2.35. The second-order valence-corrected chi connectivity index (χ2v) is 13.2. The summed E-state index contributed by atoms with van der Waals surface area (Å²) >= 11 is 0. The average molecular weight is 556 g/mol. The van der Waals surface area contributed by atoms with Crippen LogP contribution in [0.3, 0.4) is 0 Å². The molecule has 3 heterocycles. The molecule has 5 aromatic rings. The fourth-order valence-electron chi connectivity index (χ4n) is 7.09. The van der Waals surface area contributed by atoms with E-state index in [-0.39, 0.29) is 22.0 Å². The topological polar surface area (TPSA) is 73.0 Å². The van der Waals surface area contributed by atoms with Crippen molar-refractivity contribution < 1.29 is 12.8 Å². The molecule has 7 rings (SSSR count). The Bertz CT molecular complexity index is 1830. The molecule has 1 aliphatic heterocycles. The van der Waals surface area contributed by atoms with Crippen molar-refractivity contribution in [1.82, 2.24) is 23.9 Å². The van der Waals surface area contributed by atoms with Gasteiger partial charge in [0.25, 0.3) is 0 Å². The number of nitrogens with zero attached hydrogens (tertiary/aromatic N) is 5. The molecular weight excluding hydrogens is 525 g/mol. The van der Waals surface area contributed by atoms with Gasteiger partial charge in [0.15, 0.2) is 0 Å². The summed E-state index contributed by atoms with van der Waals surface area (Å²) in [7, 11) is -1.95. The van der Waals surface area contributed by atoms with Gasteiger partial charge in [0, 0.05) is 37.1 Å². The van der Waals surface area contributed by atoms with Crippen molar-refractivity contribution in [3.05, 3.63) is 108 Å². The minimum atomic E-state index is -3.68. The number of aryl methyl sites for hydroxylation is 2. The molecular formula is C31H30FN5O2S. The molecule has 0 N–H and O–H groups in total. The van der Waals surface area contributed by atoms with Gasteiger partial charge in [-0.3, -0.25) is 4.68 Å². The minimum Gasteiger partial charge on any atom is -0.274 e. The van der Waals surface area contributed by atoms with Gasteiger partial charge >= 0.3 is 0 Å². The predicted molar refractivity (Wildman–Crippen MR) is 151 cm³/mol. The summed E-state index contributed by atoms with van der Waals surface area (Å²) < 4.78 is 46.0. The van der Waals surface area contributed by atoms with Crippen LogP contribution in [0.4, 0.5) is 4.39 Å². The Kier molecular flexibility index (Phi) is 5.73. The maximum atomic E-state index is 13.7. The molecule has 1 saturated heterocycles. The van der Waals surface area contributed by atoms with Gasteiger partial charge < -0.3 is 0 Å². The fraction of sp³-hybridized carbons (Fsp3) is 0.290. The number of hydrogen-bond acceptors (Lipinski definition) is 4. The zero-order valence-corrected chi connectivity index (χ0v) is 23.2. The number of fused-ring (bicyclic) bond motifs is 2. The van der Waals surface area contributed by atoms with Crippen molar-refractivity contribution in [3.8, 4) is 5.69 Å². The molecule has 7 nitrogen and oxygen atoms in total. The SMILES string of the molecule is Cc1cc2c(cnn2-c2ccc(F)cc2)cc1C12CC(c3ccccc3)C[C@H]1CN(S(=O)(=O)c1cnn(C)c1)C2. The zero-order chi connectivity index (χ0) is 27.6. The monoisotopic (exact) mass is 555 g/mol. The Morgan fingerprint density at radius 1 is 1.00 bits per heavy atom. The third kappa shape index (κ3) is 3.90. The summed E-state index contributed by atoms with van der Waals surface area (Å²) in [4.78, 5) is 0.234. The summed E-state index contributed by atoms with van der Waals surface area (Å²) in [5.41, 5.74) is 5.00. The van der Waals surface area contributed by atoms with E-state index >= 15 is 0 Å². The van der Waals surface area contributed by atoms with Gasteiger partial charge in [-0.2, -0.15) is 14.5 Å². The van der Waals surface area contributed by atoms with Crippen LogP contribution in [-0.4, -0.2) is 45.4 Å². The van der Waals surface area contributed by atoms with Gasteiger partial charge in [-0.05, 0) is 84.7 Å². The van der Waals surface area contributed by atoms with Crippen LogP contribution >= 0.6 is 0 Å². The van der Waals surface area contributed by atoms with Crippen LogP contribution in [0.15, 0.2) is 90.2 Å². The summed E-state index contributed by atoms with van der Waals surface area (Å²) in [6.45, 7) is 3.01. The van der Waals surface area contributed by atoms with Crippen LogP contribution < -0.4 is 0 Å². The van der Waals surface area contributed by atoms with Crippen molar-refractivity contribution in [2.75, 3.05) is 13.1 Å². The van der Waals surface area contributed by atoms with Gasteiger partial charge in [0.1, 0.15) is 10.7 Å². The Balaban J connectivity index is 1.33. The molecule has 0 spiro atoms. The number of halogens is 1. The first kappa shape index (κ1) is 25.2. The lowest BCUT2D eigenvalue weighted by Gasteiger charge is -2.32. The Morgan fingerprint density at radius 3 is 2.50 bits per heavy atom. The van der Waals surface area contributed by atoms with Crippen molar-refractivity contribution in [2.24, 2.45) is 13.0 Å². The van der Waals surface area contributed by atoms with Gasteiger partial charge in [-0.25, -0.2) is 17.5 Å². The molecule has 3 aromatic carbocycles. The number of benzene rings is 3. The second kappa shape index (κ2) is 9.11. The summed E-state index contributed by atoms with van der Waals surface area (Å²) in [5, 5.41) is 9.72. The van der Waals surface area contributed by atoms with Crippen LogP contribution in [0.25, 0.3) is 16.6 Å². The standard InChI is InChI=1S/C31H30FN5O2S/c1-21-12-30-24(16-34-37(30)27-10-8-26(32)9-11-27)14-29(21)31-15-23(22-6-4-3-5-7-22)13-25(31)18-36(20-31)40(38,39)28-17-33-35(2)19-28/h3-12,14,16-17,19,23,25H,13,15,18,20H2,1-2H3/t23?,25-,31?/m0/s1. The van der Waals surface area contributed by atoms with Crippen molar-refractivity contribution in [3.63, 3.8) is 0 Å². The number of rotatable bonds is 5. The van der Waals surface area contributed by atoms with Gasteiger partial charge in [0.2, 0.25) is 10.0 Å². The predicted octanol–water partition coefficient (Wildman–Crippen LogP) is 5.34. The van der Waals surface area contributed by atoms with Crippen molar-refractivity contribution in [1.29, 1.82) is 0 Å². The summed E-state index contributed by atoms with van der Waals surface area (Å²) in [6.07, 6.45) is 6.65. The highest BCUT2D eigenvalue weighted by atomic mass is 32.2. The normalized spacial score (nSPS) is 23.2. The molecule has 204 valence electrons. The van der Waals surface area contributed by atoms with E-state index in [0.717, 1.165) is 35.0 Å². The molecule has 0 bridgehead atoms. The zero-order valence-electron chi connectivity index (χ0n) is 22.4. The molecule has 2 fully saturated rings. The highest BCUT2D eigenvalue weighted by Gasteiger charge is 2.56. The molecule has 2 aliphatic rings. The lowest BCUT2D eigenvalue weighted by molar-refractivity contribution is 0.388. The van der Waals surface area contributed by atoms with E-state index in [0.29, 0.717) is 19.0 Å². The van der Waals surface area contributed by atoms with Gasteiger partial charge in [-0.1, -0.05) is 30.3 Å². The molecule has 1 saturated carbocycles. The molecule has 9 heteroatoms. The Hall–Kier alpha value is -3.82. The van der Waals surface area contributed by atoms with E-state index in [2.05, 4.69) is 53.5 Å². The third-order valence-corrected chi connectivity index (χ3v) is 10.7. The number of aromatic nitrogens is 4. The van der Waals surface area contributed by atoms with Crippen LogP contribution in [-0.2, 0) is 22.5 Å². The van der Waals surface area contributed by atoms with Gasteiger partial charge in [-0.15, -0.1) is 0 Å². The smallest absolute Gasteiger partial charge is 0.246 e. The second-order valence-electron chi connectivity index (χ2n) is 11.3. The van der Waals surface area contributed by atoms with E-state index in [1.54, 1.807) is 29.7 Å². The fourth-order valence-corrected chi connectivity index (χ4v) is 8.63. The highest BCUT2D eigenvalue weighted by molar-refractivity contribution is 7.89. The first-order valence-electron chi connectivity index (χ1n) is 13.5. The van der Waals surface area contributed by atoms with Gasteiger partial charge in [0.05, 0.1) is 23.6 Å². The van der Waals surface area contributed by atoms with Crippen LogP contribution in [0, 0.1) is 18.7 Å². The third-order valence-electron chi connectivity index (χ3n) is 8.96. The van der Waals surface area contributed by atoms with E-state index in [4.69, 9.17) is 0 Å². The maximum absolute atomic E-state index is 13.7. The Labute approximate surface area is 232 Å². The summed E-state index contributed by atoms with van der Waals surface area (Å²) in [6, 6.07) is 21.2. The molecule has 0 amide bonds. The quantitative estimate of drug-likeness (QED) is 0.293. The van der Waals surface area contributed by atoms with E-state index in [1.807, 2.05) is 16.9 Å². The molecule has 1 aliphatic carbocycles. The Morgan fingerprint density at radius 2 is 1.77 bits per heavy atom. The van der Waals surface area contributed by atoms with Crippen LogP contribution in [0.5, 0.6) is 0 Å². The molecule has 40 heavy (non-hydrogen) atoms. The van der Waals surface area contributed by atoms with E-state index in [1.165, 1.54) is 34.1 Å². The summed E-state index contributed by atoms with van der Waals surface area (Å²) in [5.74, 6) is 0.240. The van der Waals surface area contributed by atoms with E-state index in [9.17, 15) is 12.8 Å². The molecule has 2 unspecified atom stereocenters. The van der Waals surface area contributed by atoms with Crippen LogP contribution in [0.2, 0.25) is 0 Å². The molecule has 3 atom stereocenters. The minimum absolute atomic E-state index is 0.174. The first-order chi connectivity index (χ1) is 19.2. The number of hydrogen-bond donors (Lipinski definition) is 0. The first-order valence-corrected chi connectivity index (χ1v) is 15.0. The largest absolute Gasteiger partial charge is 0.274 e. The van der Waals surface area contributed by atoms with Crippen molar-refractivity contribution in [2.45, 2.75) is 36.0 Å². The van der Waals surface area contributed by atoms with E-state index < -0.39 is 10.0 Å².